The highest BCUT2D eigenvalue weighted by molar-refractivity contribution is 6.56. The largest absolute Gasteiger partial charge is 0.889 e. The lowest BCUT2D eigenvalue weighted by molar-refractivity contribution is -0.341. The van der Waals surface area contributed by atoms with Gasteiger partial charge in [0.2, 0.25) is 0 Å². The molecule has 0 aliphatic carbocycles. The van der Waals surface area contributed by atoms with Crippen molar-refractivity contribution in [1.29, 1.82) is 5.26 Å². The number of rotatable bonds is 1. The van der Waals surface area contributed by atoms with Crippen LogP contribution in [-0.4, -0.2) is 7.12 Å². The summed E-state index contributed by atoms with van der Waals surface area (Å²) in [6.07, 6.45) is 0. The first-order chi connectivity index (χ1) is 5.25. The van der Waals surface area contributed by atoms with Gasteiger partial charge in [-0.1, -0.05) is 25.3 Å². The minimum Gasteiger partial charge on any atom is -0.889 e. The van der Waals surface area contributed by atoms with Gasteiger partial charge in [-0.3, -0.25) is 0 Å². The molecule has 0 saturated carbocycles. The Labute approximate surface area is 64.7 Å². The van der Waals surface area contributed by atoms with E-state index in [0.29, 0.717) is 0 Å². The maximum absolute atomic E-state index is 10.4. The summed E-state index contributed by atoms with van der Waals surface area (Å²) in [5.74, 6) is 0. The topological polar surface area (TPSA) is 69.9 Å². The Bertz CT molecular complexity index is 293. The molecule has 0 bridgehead atoms. The molecule has 0 unspecified atom stereocenters. The molecular formula is C7H4BNO2-2. The molecule has 0 aliphatic heterocycles. The van der Waals surface area contributed by atoms with E-state index in [1.807, 2.05) is 0 Å². The van der Waals surface area contributed by atoms with Crippen LogP contribution in [0.2, 0.25) is 0 Å². The summed E-state index contributed by atoms with van der Waals surface area (Å²) >= 11 is 0. The van der Waals surface area contributed by atoms with Crippen molar-refractivity contribution in [1.82, 2.24) is 0 Å². The second kappa shape index (κ2) is 3.19. The average molecular weight is 145 g/mol. The second-order valence-electron chi connectivity index (χ2n) is 2.03. The molecule has 1 aromatic rings. The summed E-state index contributed by atoms with van der Waals surface area (Å²) in [7, 11) is -2.06. The first-order valence-electron chi connectivity index (χ1n) is 3.06. The zero-order valence-electron chi connectivity index (χ0n) is 5.65. The third kappa shape index (κ3) is 1.58. The van der Waals surface area contributed by atoms with Gasteiger partial charge in [0.15, 0.2) is 0 Å². The van der Waals surface area contributed by atoms with Gasteiger partial charge in [-0.25, -0.2) is 0 Å². The fraction of sp³-hybridized carbons (Fsp3) is 0. The normalized spacial score (nSPS) is 8.82. The van der Waals surface area contributed by atoms with Crippen LogP contribution in [0.1, 0.15) is 5.56 Å². The highest BCUT2D eigenvalue weighted by atomic mass is 16.4. The monoisotopic (exact) mass is 145 g/mol. The molecule has 11 heavy (non-hydrogen) atoms. The quantitative estimate of drug-likeness (QED) is 0.428. The average Bonchev–Trinajstić information content (AvgIpc) is 2.04. The molecule has 0 N–H and O–H groups in total. The molecule has 0 saturated heterocycles. The third-order valence-electron chi connectivity index (χ3n) is 1.34. The highest BCUT2D eigenvalue weighted by Crippen LogP contribution is 1.91. The zero-order valence-corrected chi connectivity index (χ0v) is 5.65. The molecule has 1 rings (SSSR count). The van der Waals surface area contributed by atoms with Crippen LogP contribution < -0.4 is 15.5 Å². The predicted molar refractivity (Wildman–Crippen MR) is 36.5 cm³/mol. The van der Waals surface area contributed by atoms with Gasteiger partial charge >= 0.3 is 0 Å². The Kier molecular flexibility index (Phi) is 2.26. The van der Waals surface area contributed by atoms with Crippen molar-refractivity contribution in [2.24, 2.45) is 0 Å². The van der Waals surface area contributed by atoms with Crippen molar-refractivity contribution in [3.8, 4) is 6.07 Å². The molecule has 4 heteroatoms. The van der Waals surface area contributed by atoms with E-state index < -0.39 is 7.12 Å². The van der Waals surface area contributed by atoms with Crippen LogP contribution in [-0.2, 0) is 0 Å². The molecule has 0 aromatic heterocycles. The summed E-state index contributed by atoms with van der Waals surface area (Å²) in [4.78, 5) is 0. The SMILES string of the molecule is N#Cc1ccccc1B([O-])[O-]. The first kappa shape index (κ1) is 7.80. The van der Waals surface area contributed by atoms with Crippen LogP contribution in [0.25, 0.3) is 0 Å². The van der Waals surface area contributed by atoms with Crippen molar-refractivity contribution >= 4 is 12.6 Å². The van der Waals surface area contributed by atoms with Gasteiger partial charge in [0.05, 0.1) is 6.07 Å². The van der Waals surface area contributed by atoms with E-state index in [2.05, 4.69) is 0 Å². The van der Waals surface area contributed by atoms with Gasteiger partial charge in [0.1, 0.15) is 0 Å². The molecule has 0 amide bonds. The van der Waals surface area contributed by atoms with Crippen molar-refractivity contribution in [3.63, 3.8) is 0 Å². The zero-order chi connectivity index (χ0) is 8.27. The van der Waals surface area contributed by atoms with E-state index >= 15 is 0 Å². The van der Waals surface area contributed by atoms with Crippen LogP contribution in [0.3, 0.4) is 0 Å². The standard InChI is InChI=1S/C7H4BNO2/c9-5-6-3-1-2-4-7(6)8(10)11/h1-4H/q-2. The van der Waals surface area contributed by atoms with E-state index in [1.165, 1.54) is 12.1 Å². The summed E-state index contributed by atoms with van der Waals surface area (Å²) in [5, 5.41) is 29.2. The van der Waals surface area contributed by atoms with Crippen LogP contribution in [0.15, 0.2) is 24.3 Å². The number of benzene rings is 1. The molecule has 0 radical (unpaired) electrons. The second-order valence-corrected chi connectivity index (χ2v) is 2.03. The van der Waals surface area contributed by atoms with Crippen LogP contribution in [0.4, 0.5) is 0 Å². The van der Waals surface area contributed by atoms with Crippen LogP contribution in [0.5, 0.6) is 0 Å². The van der Waals surface area contributed by atoms with Gasteiger partial charge in [-0.2, -0.15) is 5.26 Å². The lowest BCUT2D eigenvalue weighted by atomic mass is 9.77. The molecule has 0 atom stereocenters. The Morgan fingerprint density at radius 1 is 1.27 bits per heavy atom. The number of nitrogens with zero attached hydrogens (tertiary/aromatic N) is 1. The van der Waals surface area contributed by atoms with E-state index in [0.717, 1.165) is 0 Å². The molecule has 1 aromatic carbocycles. The van der Waals surface area contributed by atoms with Gasteiger partial charge in [-0.05, 0) is 6.07 Å². The Hall–Kier alpha value is -1.31. The number of nitriles is 1. The lowest BCUT2D eigenvalue weighted by Crippen LogP contribution is -2.56. The van der Waals surface area contributed by atoms with Crippen molar-refractivity contribution in [3.05, 3.63) is 29.8 Å². The molecule has 0 heterocycles. The molecule has 0 aliphatic rings. The van der Waals surface area contributed by atoms with Crippen molar-refractivity contribution in [2.75, 3.05) is 0 Å². The molecule has 0 fully saturated rings. The van der Waals surface area contributed by atoms with Gasteiger partial charge in [0.25, 0.3) is 0 Å². The third-order valence-corrected chi connectivity index (χ3v) is 1.34. The van der Waals surface area contributed by atoms with E-state index in [4.69, 9.17) is 5.26 Å². The van der Waals surface area contributed by atoms with Crippen LogP contribution >= 0.6 is 0 Å². The van der Waals surface area contributed by atoms with Crippen molar-refractivity contribution in [2.45, 2.75) is 0 Å². The summed E-state index contributed by atoms with van der Waals surface area (Å²) in [6, 6.07) is 7.80. The Morgan fingerprint density at radius 3 is 2.36 bits per heavy atom. The first-order valence-corrected chi connectivity index (χ1v) is 3.06. The van der Waals surface area contributed by atoms with Gasteiger partial charge < -0.3 is 10.0 Å². The van der Waals surface area contributed by atoms with Gasteiger partial charge in [0, 0.05) is 5.56 Å². The number of hydrogen-bond acceptors (Lipinski definition) is 3. The lowest BCUT2D eigenvalue weighted by Gasteiger charge is -2.27. The molecular weight excluding hydrogens is 141 g/mol. The summed E-state index contributed by atoms with van der Waals surface area (Å²) in [6.45, 7) is 0. The minimum absolute atomic E-state index is 0.0231. The van der Waals surface area contributed by atoms with E-state index in [1.54, 1.807) is 18.2 Å². The maximum Gasteiger partial charge on any atom is 0.0984 e. The Morgan fingerprint density at radius 2 is 1.91 bits per heavy atom. The maximum atomic E-state index is 10.4. The molecule has 54 valence electrons. The summed E-state index contributed by atoms with van der Waals surface area (Å²) in [5.41, 5.74) is 0.192. The fourth-order valence-electron chi connectivity index (χ4n) is 0.804. The van der Waals surface area contributed by atoms with E-state index in [9.17, 15) is 10.0 Å². The molecule has 0 spiro atoms. The summed E-state index contributed by atoms with van der Waals surface area (Å²) < 4.78 is 0. The van der Waals surface area contributed by atoms with Crippen molar-refractivity contribution < 1.29 is 10.0 Å². The minimum atomic E-state index is -2.06. The Balaban J connectivity index is 3.15. The smallest absolute Gasteiger partial charge is 0.0984 e. The number of hydrogen-bond donors (Lipinski definition) is 0. The molecule has 3 nitrogen and oxygen atoms in total. The van der Waals surface area contributed by atoms with E-state index in [-0.39, 0.29) is 11.0 Å². The fourth-order valence-corrected chi connectivity index (χ4v) is 0.804. The highest BCUT2D eigenvalue weighted by Gasteiger charge is 1.94. The predicted octanol–water partition coefficient (Wildman–Crippen LogP) is -2.03. The van der Waals surface area contributed by atoms with Crippen LogP contribution in [0, 0.1) is 11.3 Å². The van der Waals surface area contributed by atoms with Gasteiger partial charge in [-0.15, -0.1) is 5.46 Å².